The smallest absolute Gasteiger partial charge is 0.225 e. The minimum absolute atomic E-state index is 0.0284. The molecule has 1 atom stereocenters. The number of benzene rings is 1. The highest BCUT2D eigenvalue weighted by molar-refractivity contribution is 5.77. The Bertz CT molecular complexity index is 432. The summed E-state index contributed by atoms with van der Waals surface area (Å²) in [5.74, 6) is -0.369. The Morgan fingerprint density at radius 2 is 1.77 bits per heavy atom. The second kappa shape index (κ2) is 11.7. The number of hydrogen-bond acceptors (Lipinski definition) is 3. The maximum atomic E-state index is 12.7. The van der Waals surface area contributed by atoms with Gasteiger partial charge >= 0.3 is 0 Å². The summed E-state index contributed by atoms with van der Waals surface area (Å²) in [6.45, 7) is 5.57. The molecule has 0 radical (unpaired) electrons. The molecule has 1 saturated heterocycles. The molecule has 6 heteroatoms. The first-order chi connectivity index (χ1) is 10.6. The van der Waals surface area contributed by atoms with Gasteiger partial charge in [0.25, 0.3) is 0 Å². The van der Waals surface area contributed by atoms with Crippen LogP contribution in [-0.4, -0.2) is 35.4 Å². The molecule has 2 rings (SSSR count). The number of likely N-dealkylation sites (tertiary alicyclic amines) is 1. The van der Waals surface area contributed by atoms with E-state index in [0.717, 1.165) is 25.9 Å². The van der Waals surface area contributed by atoms with Crippen LogP contribution in [0.2, 0.25) is 0 Å². The van der Waals surface area contributed by atoms with Crippen molar-refractivity contribution in [1.29, 1.82) is 0 Å². The van der Waals surface area contributed by atoms with Crippen LogP contribution in [0.5, 0.6) is 0 Å². The molecule has 0 aromatic heterocycles. The van der Waals surface area contributed by atoms with Gasteiger partial charge in [0.15, 0.2) is 0 Å². The summed E-state index contributed by atoms with van der Waals surface area (Å²) >= 11 is 0. The third kappa shape index (κ3) is 7.17. The van der Waals surface area contributed by atoms with Gasteiger partial charge < -0.3 is 15.7 Å². The molecule has 0 spiro atoms. The number of nitrogens with zero attached hydrogens (tertiary/aromatic N) is 1. The fourth-order valence-electron chi connectivity index (χ4n) is 2.06. The fourth-order valence-corrected chi connectivity index (χ4v) is 2.06. The number of amides is 2. The zero-order valence-electron chi connectivity index (χ0n) is 13.2. The number of aliphatic hydroxyl groups is 1. The number of nitrogens with two attached hydrogens (primary N) is 1. The number of primary amides is 1. The van der Waals surface area contributed by atoms with E-state index in [0.29, 0.717) is 5.56 Å². The van der Waals surface area contributed by atoms with Crippen molar-refractivity contribution in [3.05, 3.63) is 35.6 Å². The maximum absolute atomic E-state index is 12.7. The van der Waals surface area contributed by atoms with Crippen molar-refractivity contribution in [2.24, 2.45) is 5.73 Å². The summed E-state index contributed by atoms with van der Waals surface area (Å²) in [5, 5.41) is 9.87. The average Bonchev–Trinajstić information content (AvgIpc) is 3.05. The van der Waals surface area contributed by atoms with Crippen molar-refractivity contribution < 1.29 is 19.1 Å². The number of halogens is 1. The Kier molecular flexibility index (Phi) is 10.6. The van der Waals surface area contributed by atoms with E-state index in [1.165, 1.54) is 24.3 Å². The molecule has 3 N–H and O–H groups in total. The topological polar surface area (TPSA) is 83.6 Å². The number of carbonyl (C=O) groups is 2. The van der Waals surface area contributed by atoms with Gasteiger partial charge in [0.1, 0.15) is 5.82 Å². The van der Waals surface area contributed by atoms with Gasteiger partial charge in [-0.05, 0) is 30.5 Å². The molecule has 1 aromatic carbocycles. The van der Waals surface area contributed by atoms with Crippen molar-refractivity contribution in [2.45, 2.75) is 39.2 Å². The first kappa shape index (κ1) is 20.1. The molecule has 5 nitrogen and oxygen atoms in total. The monoisotopic (exact) mass is 312 g/mol. The van der Waals surface area contributed by atoms with Crippen LogP contribution < -0.4 is 5.73 Å². The molecule has 2 amide bonds. The van der Waals surface area contributed by atoms with E-state index in [2.05, 4.69) is 5.73 Å². The van der Waals surface area contributed by atoms with Crippen LogP contribution in [0.4, 0.5) is 4.39 Å². The minimum atomic E-state index is -0.844. The third-order valence-corrected chi connectivity index (χ3v) is 3.08. The first-order valence-corrected chi connectivity index (χ1v) is 7.45. The Hall–Kier alpha value is -1.95. The predicted octanol–water partition coefficient (Wildman–Crippen LogP) is 2.00. The average molecular weight is 312 g/mol. The summed E-state index contributed by atoms with van der Waals surface area (Å²) in [5.41, 5.74) is 4.75. The lowest BCUT2D eigenvalue weighted by Crippen LogP contribution is -2.28. The zero-order valence-corrected chi connectivity index (χ0v) is 13.2. The molecule has 1 aliphatic heterocycles. The molecule has 0 aliphatic carbocycles. The molecule has 0 bridgehead atoms. The van der Waals surface area contributed by atoms with Gasteiger partial charge in [-0.1, -0.05) is 26.0 Å². The Morgan fingerprint density at radius 1 is 1.32 bits per heavy atom. The van der Waals surface area contributed by atoms with Crippen LogP contribution in [0.15, 0.2) is 24.3 Å². The lowest BCUT2D eigenvalue weighted by Gasteiger charge is -2.17. The summed E-state index contributed by atoms with van der Waals surface area (Å²) < 4.78 is 12.7. The second-order valence-electron chi connectivity index (χ2n) is 4.50. The maximum Gasteiger partial charge on any atom is 0.225 e. The molecule has 1 fully saturated rings. The van der Waals surface area contributed by atoms with E-state index < -0.39 is 6.10 Å². The van der Waals surface area contributed by atoms with Gasteiger partial charge in [0.2, 0.25) is 12.3 Å². The molecule has 1 heterocycles. The highest BCUT2D eigenvalue weighted by atomic mass is 19.1. The van der Waals surface area contributed by atoms with Gasteiger partial charge in [-0.15, -0.1) is 0 Å². The van der Waals surface area contributed by atoms with Gasteiger partial charge in [0, 0.05) is 13.1 Å². The Morgan fingerprint density at radius 3 is 2.23 bits per heavy atom. The predicted molar refractivity (Wildman–Crippen MR) is 83.4 cm³/mol. The zero-order chi connectivity index (χ0) is 17.0. The van der Waals surface area contributed by atoms with Gasteiger partial charge in [-0.25, -0.2) is 4.39 Å². The SMILES string of the molecule is CC.NC=O.O=C(CC(O)c1ccc(F)cc1)N1CCCC1. The van der Waals surface area contributed by atoms with Crippen molar-refractivity contribution in [1.82, 2.24) is 4.90 Å². The quantitative estimate of drug-likeness (QED) is 0.837. The van der Waals surface area contributed by atoms with Gasteiger partial charge in [-0.2, -0.15) is 0 Å². The van der Waals surface area contributed by atoms with Crippen molar-refractivity contribution >= 4 is 12.3 Å². The van der Waals surface area contributed by atoms with Gasteiger partial charge in [0.05, 0.1) is 12.5 Å². The van der Waals surface area contributed by atoms with E-state index in [-0.39, 0.29) is 24.6 Å². The van der Waals surface area contributed by atoms with Crippen LogP contribution >= 0.6 is 0 Å². The van der Waals surface area contributed by atoms with Crippen LogP contribution in [-0.2, 0) is 9.59 Å². The third-order valence-electron chi connectivity index (χ3n) is 3.08. The summed E-state index contributed by atoms with van der Waals surface area (Å²) in [6.07, 6.45) is 1.56. The van der Waals surface area contributed by atoms with E-state index in [1.54, 1.807) is 4.90 Å². The van der Waals surface area contributed by atoms with Crippen LogP contribution in [0.25, 0.3) is 0 Å². The van der Waals surface area contributed by atoms with E-state index >= 15 is 0 Å². The molecular weight excluding hydrogens is 287 g/mol. The second-order valence-corrected chi connectivity index (χ2v) is 4.50. The van der Waals surface area contributed by atoms with Gasteiger partial charge in [-0.3, -0.25) is 9.59 Å². The number of aliphatic hydroxyl groups excluding tert-OH is 1. The van der Waals surface area contributed by atoms with Crippen LogP contribution in [0, 0.1) is 5.82 Å². The van der Waals surface area contributed by atoms with E-state index in [9.17, 15) is 14.3 Å². The standard InChI is InChI=1S/C13H16FNO2.C2H6.CH3NO/c14-11-5-3-10(4-6-11)12(16)9-13(17)15-7-1-2-8-15;1-2;2-1-3/h3-6,12,16H,1-2,7-9H2;1-2H3;1H,(H2,2,3). The number of carbonyl (C=O) groups excluding carboxylic acids is 2. The van der Waals surface area contributed by atoms with Crippen molar-refractivity contribution in [3.63, 3.8) is 0 Å². The summed E-state index contributed by atoms with van der Waals surface area (Å²) in [4.78, 5) is 22.1. The number of hydrogen-bond donors (Lipinski definition) is 2. The lowest BCUT2D eigenvalue weighted by atomic mass is 10.1. The molecular formula is C16H25FN2O3. The van der Waals surface area contributed by atoms with Crippen LogP contribution in [0.3, 0.4) is 0 Å². The molecule has 22 heavy (non-hydrogen) atoms. The summed E-state index contributed by atoms with van der Waals surface area (Å²) in [6, 6.07) is 5.60. The highest BCUT2D eigenvalue weighted by Crippen LogP contribution is 2.19. The first-order valence-electron chi connectivity index (χ1n) is 7.45. The highest BCUT2D eigenvalue weighted by Gasteiger charge is 2.21. The van der Waals surface area contributed by atoms with Crippen molar-refractivity contribution in [2.75, 3.05) is 13.1 Å². The lowest BCUT2D eigenvalue weighted by molar-refractivity contribution is -0.132. The number of rotatable bonds is 3. The molecule has 124 valence electrons. The summed E-state index contributed by atoms with van der Waals surface area (Å²) in [7, 11) is 0. The molecule has 1 aliphatic rings. The molecule has 1 aromatic rings. The Labute approximate surface area is 130 Å². The normalized spacial score (nSPS) is 14.1. The van der Waals surface area contributed by atoms with E-state index in [4.69, 9.17) is 4.79 Å². The molecule has 1 unspecified atom stereocenters. The largest absolute Gasteiger partial charge is 0.388 e. The fraction of sp³-hybridized carbons (Fsp3) is 0.500. The minimum Gasteiger partial charge on any atom is -0.388 e. The van der Waals surface area contributed by atoms with Crippen LogP contribution in [0.1, 0.15) is 44.8 Å². The van der Waals surface area contributed by atoms with E-state index in [1.807, 2.05) is 13.8 Å². The Balaban J connectivity index is 0.000000789. The van der Waals surface area contributed by atoms with Crippen molar-refractivity contribution in [3.8, 4) is 0 Å². The molecule has 0 saturated carbocycles.